The van der Waals surface area contributed by atoms with Gasteiger partial charge in [0.2, 0.25) is 5.91 Å². The van der Waals surface area contributed by atoms with Crippen LogP contribution in [-0.4, -0.2) is 47.9 Å². The van der Waals surface area contributed by atoms with Gasteiger partial charge in [0.25, 0.3) is 5.91 Å². The average Bonchev–Trinajstić information content (AvgIpc) is 3.28. The molecule has 0 spiro atoms. The van der Waals surface area contributed by atoms with Crippen molar-refractivity contribution in [3.8, 4) is 5.75 Å². The van der Waals surface area contributed by atoms with Crippen molar-refractivity contribution >= 4 is 27.7 Å². The average molecular weight is 471 g/mol. The number of ether oxygens (including phenoxy) is 1. The summed E-state index contributed by atoms with van der Waals surface area (Å²) in [4.78, 5) is 29.6. The normalized spacial score (nSPS) is 19.7. The van der Waals surface area contributed by atoms with E-state index < -0.39 is 0 Å². The standard InChI is InChI=1S/C24H27BrN2O3/c25-20-7-4-6-19(16-20)22-10-5-13-27(22)24(29)18-11-14-26(15-12-18)23(28)17-30-21-8-2-1-3-9-21/h1-4,6-9,16,18,22H,5,10-15,17H2. The maximum Gasteiger partial charge on any atom is 0.260 e. The van der Waals surface area contributed by atoms with Crippen molar-refractivity contribution in [2.75, 3.05) is 26.2 Å². The van der Waals surface area contributed by atoms with E-state index in [1.54, 1.807) is 0 Å². The van der Waals surface area contributed by atoms with Crippen LogP contribution in [-0.2, 0) is 9.59 Å². The van der Waals surface area contributed by atoms with E-state index in [0.717, 1.165) is 36.7 Å². The Morgan fingerprint density at radius 3 is 2.47 bits per heavy atom. The summed E-state index contributed by atoms with van der Waals surface area (Å²) in [6.07, 6.45) is 3.49. The van der Waals surface area contributed by atoms with E-state index in [4.69, 9.17) is 4.74 Å². The predicted molar refractivity (Wildman–Crippen MR) is 119 cm³/mol. The molecular formula is C24H27BrN2O3. The van der Waals surface area contributed by atoms with Crippen LogP contribution in [0.4, 0.5) is 0 Å². The van der Waals surface area contributed by atoms with Gasteiger partial charge in [-0.25, -0.2) is 0 Å². The number of hydrogen-bond acceptors (Lipinski definition) is 3. The first-order chi connectivity index (χ1) is 14.6. The van der Waals surface area contributed by atoms with Gasteiger partial charge in [-0.1, -0.05) is 46.3 Å². The number of amides is 2. The lowest BCUT2D eigenvalue weighted by Crippen LogP contribution is -2.45. The molecule has 2 aliphatic rings. The van der Waals surface area contributed by atoms with E-state index in [-0.39, 0.29) is 30.4 Å². The quantitative estimate of drug-likeness (QED) is 0.649. The largest absolute Gasteiger partial charge is 0.484 e. The molecule has 2 saturated heterocycles. The smallest absolute Gasteiger partial charge is 0.260 e. The molecule has 1 atom stereocenters. The Labute approximate surface area is 186 Å². The van der Waals surface area contributed by atoms with Crippen LogP contribution in [0.1, 0.15) is 37.3 Å². The number of halogens is 1. The molecule has 0 N–H and O–H groups in total. The maximum absolute atomic E-state index is 13.2. The maximum atomic E-state index is 13.2. The zero-order valence-corrected chi connectivity index (χ0v) is 18.6. The van der Waals surface area contributed by atoms with E-state index in [0.29, 0.717) is 18.8 Å². The van der Waals surface area contributed by atoms with Crippen molar-refractivity contribution in [3.05, 3.63) is 64.6 Å². The van der Waals surface area contributed by atoms with Crippen LogP contribution < -0.4 is 4.74 Å². The number of carbonyl (C=O) groups is 2. The Bertz CT molecular complexity index is 881. The second kappa shape index (κ2) is 9.65. The molecule has 0 aliphatic carbocycles. The number of piperidine rings is 1. The van der Waals surface area contributed by atoms with E-state index in [9.17, 15) is 9.59 Å². The Hall–Kier alpha value is -2.34. The Morgan fingerprint density at radius 2 is 1.73 bits per heavy atom. The first kappa shape index (κ1) is 20.9. The summed E-state index contributed by atoms with van der Waals surface area (Å²) in [5, 5.41) is 0. The Morgan fingerprint density at radius 1 is 0.967 bits per heavy atom. The SMILES string of the molecule is O=C(COc1ccccc1)N1CCC(C(=O)N2CCCC2c2cccc(Br)c2)CC1. The second-order valence-electron chi connectivity index (χ2n) is 8.00. The van der Waals surface area contributed by atoms with Crippen LogP contribution in [0, 0.1) is 5.92 Å². The molecule has 2 aliphatic heterocycles. The van der Waals surface area contributed by atoms with Crippen LogP contribution in [0.2, 0.25) is 0 Å². The highest BCUT2D eigenvalue weighted by atomic mass is 79.9. The molecule has 158 valence electrons. The van der Waals surface area contributed by atoms with Crippen LogP contribution in [0.15, 0.2) is 59.1 Å². The summed E-state index contributed by atoms with van der Waals surface area (Å²) in [7, 11) is 0. The minimum absolute atomic E-state index is 0.00292. The molecule has 0 saturated carbocycles. The van der Waals surface area contributed by atoms with Crippen molar-refractivity contribution in [3.63, 3.8) is 0 Å². The van der Waals surface area contributed by atoms with Crippen LogP contribution >= 0.6 is 15.9 Å². The van der Waals surface area contributed by atoms with Crippen LogP contribution in [0.5, 0.6) is 5.75 Å². The fourth-order valence-electron chi connectivity index (χ4n) is 4.45. The lowest BCUT2D eigenvalue weighted by atomic mass is 9.94. The third-order valence-corrected chi connectivity index (χ3v) is 6.56. The highest BCUT2D eigenvalue weighted by Gasteiger charge is 2.36. The number of likely N-dealkylation sites (tertiary alicyclic amines) is 2. The van der Waals surface area contributed by atoms with Gasteiger partial charge in [0, 0.05) is 30.0 Å². The number of hydrogen-bond donors (Lipinski definition) is 0. The number of rotatable bonds is 5. The van der Waals surface area contributed by atoms with Gasteiger partial charge in [-0.3, -0.25) is 9.59 Å². The molecule has 2 heterocycles. The summed E-state index contributed by atoms with van der Waals surface area (Å²) in [5.41, 5.74) is 1.20. The third-order valence-electron chi connectivity index (χ3n) is 6.07. The summed E-state index contributed by atoms with van der Waals surface area (Å²) >= 11 is 3.54. The fraction of sp³-hybridized carbons (Fsp3) is 0.417. The van der Waals surface area contributed by atoms with Gasteiger partial charge in [-0.05, 0) is 55.5 Å². The van der Waals surface area contributed by atoms with E-state index in [2.05, 4.69) is 33.0 Å². The first-order valence-electron chi connectivity index (χ1n) is 10.6. The van der Waals surface area contributed by atoms with Crippen molar-refractivity contribution < 1.29 is 14.3 Å². The number of carbonyl (C=O) groups excluding carboxylic acids is 2. The van der Waals surface area contributed by atoms with Gasteiger partial charge in [0.1, 0.15) is 5.75 Å². The lowest BCUT2D eigenvalue weighted by Gasteiger charge is -2.35. The topological polar surface area (TPSA) is 49.9 Å². The zero-order valence-electron chi connectivity index (χ0n) is 17.0. The van der Waals surface area contributed by atoms with Gasteiger partial charge in [0.15, 0.2) is 6.61 Å². The van der Waals surface area contributed by atoms with Crippen molar-refractivity contribution in [2.24, 2.45) is 5.92 Å². The minimum atomic E-state index is -0.0158. The molecule has 2 amide bonds. The highest BCUT2D eigenvalue weighted by molar-refractivity contribution is 9.10. The molecular weight excluding hydrogens is 444 g/mol. The van der Waals surface area contributed by atoms with E-state index in [1.807, 2.05) is 47.4 Å². The number of nitrogens with zero attached hydrogens (tertiary/aromatic N) is 2. The van der Waals surface area contributed by atoms with E-state index >= 15 is 0 Å². The summed E-state index contributed by atoms with van der Waals surface area (Å²) < 4.78 is 6.62. The molecule has 0 aromatic heterocycles. The molecule has 4 rings (SSSR count). The van der Waals surface area contributed by atoms with Gasteiger partial charge < -0.3 is 14.5 Å². The van der Waals surface area contributed by atoms with Gasteiger partial charge >= 0.3 is 0 Å². The molecule has 5 nitrogen and oxygen atoms in total. The number of para-hydroxylation sites is 1. The monoisotopic (exact) mass is 470 g/mol. The molecule has 1 unspecified atom stereocenters. The van der Waals surface area contributed by atoms with Crippen LogP contribution in [0.3, 0.4) is 0 Å². The van der Waals surface area contributed by atoms with Crippen LogP contribution in [0.25, 0.3) is 0 Å². The van der Waals surface area contributed by atoms with E-state index in [1.165, 1.54) is 5.56 Å². The molecule has 30 heavy (non-hydrogen) atoms. The molecule has 0 radical (unpaired) electrons. The van der Waals surface area contributed by atoms with Gasteiger partial charge in [-0.15, -0.1) is 0 Å². The van der Waals surface area contributed by atoms with Gasteiger partial charge in [-0.2, -0.15) is 0 Å². The highest BCUT2D eigenvalue weighted by Crippen LogP contribution is 2.35. The molecule has 6 heteroatoms. The van der Waals surface area contributed by atoms with Gasteiger partial charge in [0.05, 0.1) is 6.04 Å². The minimum Gasteiger partial charge on any atom is -0.484 e. The second-order valence-corrected chi connectivity index (χ2v) is 8.92. The molecule has 2 aromatic rings. The van der Waals surface area contributed by atoms with Crippen molar-refractivity contribution in [2.45, 2.75) is 31.7 Å². The van der Waals surface area contributed by atoms with Crippen molar-refractivity contribution in [1.29, 1.82) is 0 Å². The molecule has 0 bridgehead atoms. The summed E-state index contributed by atoms with van der Waals surface area (Å²) in [6, 6.07) is 17.8. The summed E-state index contributed by atoms with van der Waals surface area (Å²) in [6.45, 7) is 2.09. The number of benzene rings is 2. The first-order valence-corrected chi connectivity index (χ1v) is 11.4. The molecule has 2 fully saturated rings. The Balaban J connectivity index is 1.30. The third kappa shape index (κ3) is 4.86. The summed E-state index contributed by atoms with van der Waals surface area (Å²) in [5.74, 6) is 0.920. The zero-order chi connectivity index (χ0) is 20.9. The predicted octanol–water partition coefficient (Wildman–Crippen LogP) is 4.43. The van der Waals surface area contributed by atoms with Crippen molar-refractivity contribution in [1.82, 2.24) is 9.80 Å². The fourth-order valence-corrected chi connectivity index (χ4v) is 4.87. The lowest BCUT2D eigenvalue weighted by molar-refractivity contribution is -0.142. The Kier molecular flexibility index (Phi) is 6.72. The molecule has 2 aromatic carbocycles.